The molecule has 0 rings (SSSR count). The summed E-state index contributed by atoms with van der Waals surface area (Å²) in [6.45, 7) is 0. The van der Waals surface area contributed by atoms with Crippen LogP contribution in [0.1, 0.15) is 0 Å². The summed E-state index contributed by atoms with van der Waals surface area (Å²) >= 11 is 0. The third kappa shape index (κ3) is 8.54. The maximum Gasteiger partial charge on any atom is 0.449 e. The normalized spacial score (nSPS) is 14.8. The van der Waals surface area contributed by atoms with Gasteiger partial charge in [-0.05, 0) is 0 Å². The Morgan fingerprint density at radius 3 is 2.00 bits per heavy atom. The summed E-state index contributed by atoms with van der Waals surface area (Å²) in [5, 5.41) is 8.47. The van der Waals surface area contributed by atoms with Gasteiger partial charge in [0.1, 0.15) is 12.1 Å². The van der Waals surface area contributed by atoms with Crippen molar-refractivity contribution in [3.8, 4) is 0 Å². The summed E-state index contributed by atoms with van der Waals surface area (Å²) in [5.41, 5.74) is 10.5. The summed E-state index contributed by atoms with van der Waals surface area (Å²) in [4.78, 5) is 21.3. The number of carbonyl (C=O) groups excluding carboxylic acids is 1. The monoisotopic (exact) mass is 320 g/mol. The third-order valence-corrected chi connectivity index (χ3v) is 4.23. The van der Waals surface area contributed by atoms with Crippen LogP contribution in [0.5, 0.6) is 0 Å². The number of hydrogen-bond acceptors (Lipinski definition) is 9. The van der Waals surface area contributed by atoms with Gasteiger partial charge in [0.05, 0.1) is 0 Å². The van der Waals surface area contributed by atoms with Gasteiger partial charge in [0.25, 0.3) is 0 Å². The molecule has 2 atom stereocenters. The summed E-state index contributed by atoms with van der Waals surface area (Å²) in [6, 6.07) is -2.30. The second-order valence-electron chi connectivity index (χ2n) is 2.95. The lowest BCUT2D eigenvalue weighted by Crippen LogP contribution is -2.36. The molecule has 0 saturated heterocycles. The molecule has 106 valence electrons. The van der Waals surface area contributed by atoms with Crippen LogP contribution in [-0.2, 0) is 24.2 Å². The van der Waals surface area contributed by atoms with E-state index in [1.165, 1.54) is 0 Å². The highest BCUT2D eigenvalue weighted by Gasteiger charge is 2.21. The minimum Gasteiger partial charge on any atom is -0.480 e. The second kappa shape index (κ2) is 7.81. The van der Waals surface area contributed by atoms with Gasteiger partial charge in [0, 0.05) is 11.5 Å². The third-order valence-electron chi connectivity index (χ3n) is 1.39. The molecule has 6 N–H and O–H groups in total. The van der Waals surface area contributed by atoms with Crippen molar-refractivity contribution in [1.29, 1.82) is 0 Å². The fraction of sp³-hybridized carbons (Fsp3) is 0.667. The molecule has 12 heteroatoms. The lowest BCUT2D eigenvalue weighted by Gasteiger charge is -2.09. The Bertz CT molecular complexity index is 398. The van der Waals surface area contributed by atoms with E-state index in [0.29, 0.717) is 0 Å². The Labute approximate surface area is 111 Å². The van der Waals surface area contributed by atoms with Crippen LogP contribution in [-0.4, -0.2) is 53.6 Å². The first-order valence-corrected chi connectivity index (χ1v) is 8.18. The van der Waals surface area contributed by atoms with Crippen LogP contribution in [0.3, 0.4) is 0 Å². The standard InChI is InChI=1S/C6H12N2O7S3/c7-3(5(9)10)1-16-17-2-4(8)6(11)15-18(12,13)14/h3-4H,1-2,7-8H2,(H,9,10)(H,12,13,14)/t3-,4-/m0/s1. The van der Waals surface area contributed by atoms with Gasteiger partial charge in [0.15, 0.2) is 0 Å². The van der Waals surface area contributed by atoms with Gasteiger partial charge in [-0.1, -0.05) is 21.6 Å². The molecule has 0 spiro atoms. The molecule has 0 bridgehead atoms. The minimum atomic E-state index is -4.87. The van der Waals surface area contributed by atoms with Gasteiger partial charge in [-0.2, -0.15) is 8.42 Å². The number of carboxylic acids is 1. The Hall–Kier alpha value is -0.530. The molecule has 18 heavy (non-hydrogen) atoms. The first-order valence-electron chi connectivity index (χ1n) is 4.32. The second-order valence-corrected chi connectivity index (χ2v) is 6.52. The molecule has 0 saturated carbocycles. The Morgan fingerprint density at radius 1 is 1.17 bits per heavy atom. The lowest BCUT2D eigenvalue weighted by atomic mass is 10.4. The molecular formula is C6H12N2O7S3. The van der Waals surface area contributed by atoms with Gasteiger partial charge in [0.2, 0.25) is 0 Å². The summed E-state index contributed by atoms with van der Waals surface area (Å²) in [7, 11) is -2.77. The van der Waals surface area contributed by atoms with E-state index in [2.05, 4.69) is 4.18 Å². The van der Waals surface area contributed by atoms with Crippen molar-refractivity contribution in [3.63, 3.8) is 0 Å². The van der Waals surface area contributed by atoms with Crippen LogP contribution in [0.2, 0.25) is 0 Å². The van der Waals surface area contributed by atoms with Gasteiger partial charge in [-0.3, -0.25) is 9.35 Å². The SMILES string of the molecule is N[C@@H](CSSC[C@H](N)C(=O)OS(=O)(=O)O)C(=O)O. The van der Waals surface area contributed by atoms with Crippen LogP contribution in [0.4, 0.5) is 0 Å². The first kappa shape index (κ1) is 17.5. The number of aliphatic carboxylic acids is 1. The topological polar surface area (TPSA) is 170 Å². The maximum atomic E-state index is 11.0. The quantitative estimate of drug-likeness (QED) is 0.232. The zero-order valence-electron chi connectivity index (χ0n) is 8.88. The number of hydrogen-bond donors (Lipinski definition) is 4. The molecule has 9 nitrogen and oxygen atoms in total. The zero-order valence-corrected chi connectivity index (χ0v) is 11.3. The van der Waals surface area contributed by atoms with E-state index in [0.717, 1.165) is 21.6 Å². The van der Waals surface area contributed by atoms with Gasteiger partial charge in [-0.25, -0.2) is 4.79 Å². The molecular weight excluding hydrogens is 308 g/mol. The fourth-order valence-electron chi connectivity index (χ4n) is 0.548. The van der Waals surface area contributed by atoms with E-state index in [-0.39, 0.29) is 11.5 Å². The van der Waals surface area contributed by atoms with Gasteiger partial charge in [-0.15, -0.1) is 0 Å². The van der Waals surface area contributed by atoms with Gasteiger partial charge >= 0.3 is 22.3 Å². The predicted molar refractivity (Wildman–Crippen MR) is 66.1 cm³/mol. The number of rotatable bonds is 8. The van der Waals surface area contributed by atoms with Crippen LogP contribution < -0.4 is 11.5 Å². The Balaban J connectivity index is 3.87. The van der Waals surface area contributed by atoms with Crippen molar-refractivity contribution in [3.05, 3.63) is 0 Å². The number of carboxylic acid groups (broad SMARTS) is 1. The molecule has 0 radical (unpaired) electrons. The Morgan fingerprint density at radius 2 is 1.61 bits per heavy atom. The smallest absolute Gasteiger partial charge is 0.449 e. The molecule has 0 aromatic heterocycles. The summed E-state index contributed by atoms with van der Waals surface area (Å²) in [5.74, 6) is -2.38. The number of carbonyl (C=O) groups is 2. The lowest BCUT2D eigenvalue weighted by molar-refractivity contribution is -0.138. The van der Waals surface area contributed by atoms with Crippen molar-refractivity contribution in [1.82, 2.24) is 0 Å². The molecule has 0 aliphatic rings. The maximum absolute atomic E-state index is 11.0. The summed E-state index contributed by atoms with van der Waals surface area (Å²) in [6.07, 6.45) is 0. The highest BCUT2D eigenvalue weighted by atomic mass is 33.1. The summed E-state index contributed by atoms with van der Waals surface area (Å²) < 4.78 is 32.3. The first-order chi connectivity index (χ1) is 8.13. The van der Waals surface area contributed by atoms with Crippen LogP contribution >= 0.6 is 21.6 Å². The Kier molecular flexibility index (Phi) is 7.58. The molecule has 0 aliphatic carbocycles. The molecule has 0 fully saturated rings. The van der Waals surface area contributed by atoms with Crippen molar-refractivity contribution >= 4 is 43.9 Å². The van der Waals surface area contributed by atoms with Crippen LogP contribution in [0.15, 0.2) is 0 Å². The van der Waals surface area contributed by atoms with E-state index >= 15 is 0 Å². The molecule has 0 aromatic rings. The van der Waals surface area contributed by atoms with E-state index in [1.807, 2.05) is 0 Å². The number of nitrogens with two attached hydrogens (primary N) is 2. The molecule has 0 amide bonds. The highest BCUT2D eigenvalue weighted by Crippen LogP contribution is 2.22. The minimum absolute atomic E-state index is 0.0225. The van der Waals surface area contributed by atoms with Crippen molar-refractivity contribution < 1.29 is 31.8 Å². The van der Waals surface area contributed by atoms with Crippen LogP contribution in [0, 0.1) is 0 Å². The molecule has 0 aliphatic heterocycles. The molecule has 0 unspecified atom stereocenters. The zero-order chi connectivity index (χ0) is 14.3. The van der Waals surface area contributed by atoms with Crippen molar-refractivity contribution in [2.75, 3.05) is 11.5 Å². The van der Waals surface area contributed by atoms with E-state index < -0.39 is 34.4 Å². The van der Waals surface area contributed by atoms with Crippen molar-refractivity contribution in [2.45, 2.75) is 12.1 Å². The molecule has 0 heterocycles. The van der Waals surface area contributed by atoms with E-state index in [9.17, 15) is 18.0 Å². The van der Waals surface area contributed by atoms with E-state index in [4.69, 9.17) is 21.1 Å². The largest absolute Gasteiger partial charge is 0.480 e. The highest BCUT2D eigenvalue weighted by molar-refractivity contribution is 8.76. The predicted octanol–water partition coefficient (Wildman–Crippen LogP) is -1.55. The average molecular weight is 320 g/mol. The van der Waals surface area contributed by atoms with Crippen molar-refractivity contribution in [2.24, 2.45) is 11.5 Å². The fourth-order valence-corrected chi connectivity index (χ4v) is 3.10. The van der Waals surface area contributed by atoms with Gasteiger partial charge < -0.3 is 20.8 Å². The van der Waals surface area contributed by atoms with E-state index in [1.54, 1.807) is 0 Å². The van der Waals surface area contributed by atoms with Crippen LogP contribution in [0.25, 0.3) is 0 Å². The average Bonchev–Trinajstić information content (AvgIpc) is 2.20. The molecule has 0 aromatic carbocycles.